The maximum atomic E-state index is 12.2. The van der Waals surface area contributed by atoms with Gasteiger partial charge in [0, 0.05) is 14.2 Å². The summed E-state index contributed by atoms with van der Waals surface area (Å²) in [6, 6.07) is 12.3. The molecule has 2 rings (SSSR count). The van der Waals surface area contributed by atoms with E-state index < -0.39 is 17.9 Å². The fourth-order valence-corrected chi connectivity index (χ4v) is 2.71. The Morgan fingerprint density at radius 3 is 2.33 bits per heavy atom. The summed E-state index contributed by atoms with van der Waals surface area (Å²) in [7, 11) is 0. The third kappa shape index (κ3) is 3.74. The Balaban J connectivity index is 2.30. The highest BCUT2D eigenvalue weighted by atomic mass is 127. The van der Waals surface area contributed by atoms with Gasteiger partial charge < -0.3 is 10.4 Å². The molecule has 108 valence electrons. The molecule has 2 aromatic carbocycles. The largest absolute Gasteiger partial charge is 0.479 e. The highest BCUT2D eigenvalue weighted by Crippen LogP contribution is 2.23. The molecule has 0 unspecified atom stereocenters. The number of rotatable bonds is 4. The SMILES string of the molecule is O=C(N[C@@H](C(=O)O)c1ccccc1Cl)c1ccccc1I. The molecule has 2 N–H and O–H groups in total. The number of hydrogen-bond acceptors (Lipinski definition) is 2. The van der Waals surface area contributed by atoms with Crippen molar-refractivity contribution in [3.8, 4) is 0 Å². The molecule has 4 nitrogen and oxygen atoms in total. The van der Waals surface area contributed by atoms with Crippen LogP contribution in [0.4, 0.5) is 0 Å². The van der Waals surface area contributed by atoms with Crippen LogP contribution in [0, 0.1) is 3.57 Å². The van der Waals surface area contributed by atoms with Crippen molar-refractivity contribution in [1.82, 2.24) is 5.32 Å². The summed E-state index contributed by atoms with van der Waals surface area (Å²) in [5.41, 5.74) is 0.780. The number of carbonyl (C=O) groups is 2. The van der Waals surface area contributed by atoms with Gasteiger partial charge in [-0.1, -0.05) is 41.9 Å². The van der Waals surface area contributed by atoms with Crippen LogP contribution in [0.25, 0.3) is 0 Å². The van der Waals surface area contributed by atoms with Gasteiger partial charge in [0.25, 0.3) is 5.91 Å². The Hall–Kier alpha value is -1.60. The lowest BCUT2D eigenvalue weighted by Crippen LogP contribution is -2.34. The van der Waals surface area contributed by atoms with Crippen LogP contribution >= 0.6 is 34.2 Å². The van der Waals surface area contributed by atoms with Gasteiger partial charge in [-0.05, 0) is 40.8 Å². The van der Waals surface area contributed by atoms with Crippen LogP contribution in [0.15, 0.2) is 48.5 Å². The predicted molar refractivity (Wildman–Crippen MR) is 88.5 cm³/mol. The van der Waals surface area contributed by atoms with Gasteiger partial charge in [-0.2, -0.15) is 0 Å². The van der Waals surface area contributed by atoms with Gasteiger partial charge in [-0.15, -0.1) is 0 Å². The first-order chi connectivity index (χ1) is 10.0. The van der Waals surface area contributed by atoms with Crippen molar-refractivity contribution < 1.29 is 14.7 Å². The molecule has 0 saturated heterocycles. The Bertz CT molecular complexity index is 690. The van der Waals surface area contributed by atoms with Crippen molar-refractivity contribution in [1.29, 1.82) is 0 Å². The quantitative estimate of drug-likeness (QED) is 0.751. The molecular weight excluding hydrogens is 405 g/mol. The second-order valence-corrected chi connectivity index (χ2v) is 5.82. The topological polar surface area (TPSA) is 66.4 Å². The summed E-state index contributed by atoms with van der Waals surface area (Å²) < 4.78 is 0.746. The zero-order valence-corrected chi connectivity index (χ0v) is 13.6. The smallest absolute Gasteiger partial charge is 0.330 e. The third-order valence-corrected chi connectivity index (χ3v) is 4.14. The fourth-order valence-electron chi connectivity index (χ4n) is 1.84. The van der Waals surface area contributed by atoms with Crippen LogP contribution in [0.1, 0.15) is 22.0 Å². The van der Waals surface area contributed by atoms with Crippen molar-refractivity contribution >= 4 is 46.1 Å². The van der Waals surface area contributed by atoms with Gasteiger partial charge in [0.05, 0.1) is 5.56 Å². The summed E-state index contributed by atoms with van der Waals surface area (Å²) in [4.78, 5) is 23.7. The lowest BCUT2D eigenvalue weighted by atomic mass is 10.1. The van der Waals surface area contributed by atoms with E-state index >= 15 is 0 Å². The summed E-state index contributed by atoms with van der Waals surface area (Å²) >= 11 is 8.03. The van der Waals surface area contributed by atoms with Crippen LogP contribution in [0.3, 0.4) is 0 Å². The van der Waals surface area contributed by atoms with E-state index in [4.69, 9.17) is 11.6 Å². The third-order valence-electron chi connectivity index (χ3n) is 2.86. The van der Waals surface area contributed by atoms with E-state index in [1.54, 1.807) is 48.5 Å². The normalized spacial score (nSPS) is 11.7. The number of halogens is 2. The molecule has 21 heavy (non-hydrogen) atoms. The summed E-state index contributed by atoms with van der Waals surface area (Å²) in [6.07, 6.45) is 0. The van der Waals surface area contributed by atoms with Crippen molar-refractivity contribution in [3.63, 3.8) is 0 Å². The maximum Gasteiger partial charge on any atom is 0.330 e. The molecule has 0 spiro atoms. The number of benzene rings is 2. The first kappa shape index (κ1) is 15.8. The van der Waals surface area contributed by atoms with E-state index in [1.807, 2.05) is 22.6 Å². The number of carboxylic acid groups (broad SMARTS) is 1. The van der Waals surface area contributed by atoms with Crippen LogP contribution in [0.2, 0.25) is 5.02 Å². The van der Waals surface area contributed by atoms with Crippen LogP contribution in [-0.2, 0) is 4.79 Å². The summed E-state index contributed by atoms with van der Waals surface area (Å²) in [6.45, 7) is 0. The first-order valence-electron chi connectivity index (χ1n) is 6.03. The molecule has 0 aliphatic carbocycles. The molecule has 0 bridgehead atoms. The van der Waals surface area contributed by atoms with Crippen LogP contribution < -0.4 is 5.32 Å². The van der Waals surface area contributed by atoms with Crippen LogP contribution in [0.5, 0.6) is 0 Å². The highest BCUT2D eigenvalue weighted by Gasteiger charge is 2.25. The lowest BCUT2D eigenvalue weighted by Gasteiger charge is -2.16. The fraction of sp³-hybridized carbons (Fsp3) is 0.0667. The Labute approximate surface area is 140 Å². The summed E-state index contributed by atoms with van der Waals surface area (Å²) in [5, 5.41) is 12.1. The molecule has 0 aliphatic heterocycles. The Kier molecular flexibility index (Phi) is 5.19. The number of hydrogen-bond donors (Lipinski definition) is 2. The number of carboxylic acids is 1. The molecule has 1 amide bonds. The second kappa shape index (κ2) is 6.91. The van der Waals surface area contributed by atoms with Gasteiger partial charge in [0.2, 0.25) is 0 Å². The zero-order valence-electron chi connectivity index (χ0n) is 10.7. The van der Waals surface area contributed by atoms with Crippen molar-refractivity contribution in [2.45, 2.75) is 6.04 Å². The predicted octanol–water partition coefficient (Wildman–Crippen LogP) is 3.50. The van der Waals surface area contributed by atoms with Crippen molar-refractivity contribution in [2.24, 2.45) is 0 Å². The first-order valence-corrected chi connectivity index (χ1v) is 7.49. The molecule has 0 heterocycles. The Morgan fingerprint density at radius 2 is 1.71 bits per heavy atom. The molecule has 0 aromatic heterocycles. The number of amides is 1. The highest BCUT2D eigenvalue weighted by molar-refractivity contribution is 14.1. The molecular formula is C15H11ClINO3. The lowest BCUT2D eigenvalue weighted by molar-refractivity contribution is -0.139. The number of carbonyl (C=O) groups excluding carboxylic acids is 1. The monoisotopic (exact) mass is 415 g/mol. The van der Waals surface area contributed by atoms with E-state index in [0.717, 1.165) is 3.57 Å². The van der Waals surface area contributed by atoms with E-state index in [-0.39, 0.29) is 0 Å². The van der Waals surface area contributed by atoms with Crippen molar-refractivity contribution in [2.75, 3.05) is 0 Å². The van der Waals surface area contributed by atoms with Gasteiger partial charge >= 0.3 is 5.97 Å². The molecule has 0 fully saturated rings. The van der Waals surface area contributed by atoms with E-state index in [2.05, 4.69) is 5.32 Å². The van der Waals surface area contributed by atoms with E-state index in [0.29, 0.717) is 16.1 Å². The van der Waals surface area contributed by atoms with Gasteiger partial charge in [-0.3, -0.25) is 4.79 Å². The minimum atomic E-state index is -1.19. The van der Waals surface area contributed by atoms with E-state index in [1.165, 1.54) is 0 Å². The van der Waals surface area contributed by atoms with Crippen LogP contribution in [-0.4, -0.2) is 17.0 Å². The van der Waals surface area contributed by atoms with Gasteiger partial charge in [0.1, 0.15) is 0 Å². The number of nitrogens with one attached hydrogen (secondary N) is 1. The average molecular weight is 416 g/mol. The standard InChI is InChI=1S/C15H11ClINO3/c16-11-7-3-1-5-9(11)13(15(20)21)18-14(19)10-6-2-4-8-12(10)17/h1-8,13H,(H,18,19)(H,20,21)/t13-/m1/s1. The van der Waals surface area contributed by atoms with Gasteiger partial charge in [0.15, 0.2) is 6.04 Å². The maximum absolute atomic E-state index is 12.2. The van der Waals surface area contributed by atoms with E-state index in [9.17, 15) is 14.7 Å². The molecule has 2 aromatic rings. The number of aliphatic carboxylic acids is 1. The molecule has 0 saturated carbocycles. The minimum absolute atomic E-state index is 0.299. The molecule has 6 heteroatoms. The second-order valence-electron chi connectivity index (χ2n) is 4.25. The zero-order chi connectivity index (χ0) is 15.4. The van der Waals surface area contributed by atoms with Gasteiger partial charge in [-0.25, -0.2) is 4.79 Å². The average Bonchev–Trinajstić information content (AvgIpc) is 2.45. The Morgan fingerprint density at radius 1 is 1.10 bits per heavy atom. The molecule has 1 atom stereocenters. The molecule has 0 aliphatic rings. The minimum Gasteiger partial charge on any atom is -0.479 e. The molecule has 0 radical (unpaired) electrons. The summed E-state index contributed by atoms with van der Waals surface area (Å²) in [5.74, 6) is -1.62. The van der Waals surface area contributed by atoms with Crippen molar-refractivity contribution in [3.05, 3.63) is 68.3 Å².